The van der Waals surface area contributed by atoms with Gasteiger partial charge in [-0.3, -0.25) is 4.79 Å². The Morgan fingerprint density at radius 2 is 2.28 bits per heavy atom. The van der Waals surface area contributed by atoms with E-state index in [1.54, 1.807) is 0 Å². The summed E-state index contributed by atoms with van der Waals surface area (Å²) in [5, 5.41) is 10.5. The van der Waals surface area contributed by atoms with Crippen LogP contribution in [0, 0.1) is 15.5 Å². The smallest absolute Gasteiger partial charge is 0.390 e. The number of nitrogens with two attached hydrogens (primary N) is 1. The molecule has 0 fully saturated rings. The third kappa shape index (κ3) is 3.63. The summed E-state index contributed by atoms with van der Waals surface area (Å²) in [4.78, 5) is 28.0. The lowest BCUT2D eigenvalue weighted by Gasteiger charge is -2.21. The summed E-state index contributed by atoms with van der Waals surface area (Å²) in [6.07, 6.45) is 2.94. The van der Waals surface area contributed by atoms with E-state index < -0.39 is 10.3 Å². The minimum Gasteiger partial charge on any atom is -0.390 e. The van der Waals surface area contributed by atoms with Gasteiger partial charge < -0.3 is 15.8 Å². The van der Waals surface area contributed by atoms with Crippen molar-refractivity contribution in [2.24, 2.45) is 11.1 Å². The number of nitrogens with one attached hydrogen (secondary N) is 1. The number of hydrogen-bond acceptors (Lipinski definition) is 5. The number of rotatable bonds is 7. The Balaban J connectivity index is 2.65. The zero-order chi connectivity index (χ0) is 13.8. The fraction of sp³-hybridized carbons (Fsp3) is 0.636. The minimum atomic E-state index is -0.618. The number of H-pyrrole nitrogens is 1. The van der Waals surface area contributed by atoms with Crippen molar-refractivity contribution in [1.29, 1.82) is 0 Å². The zero-order valence-electron chi connectivity index (χ0n) is 10.6. The average Bonchev–Trinajstić information content (AvgIpc) is 2.75. The van der Waals surface area contributed by atoms with Crippen molar-refractivity contribution in [2.75, 3.05) is 6.54 Å². The maximum absolute atomic E-state index is 12.1. The van der Waals surface area contributed by atoms with Crippen molar-refractivity contribution < 1.29 is 9.72 Å². The van der Waals surface area contributed by atoms with E-state index in [-0.39, 0.29) is 18.2 Å². The summed E-state index contributed by atoms with van der Waals surface area (Å²) < 4.78 is 0. The molecule has 7 nitrogen and oxygen atoms in total. The molecule has 0 bridgehead atoms. The van der Waals surface area contributed by atoms with Gasteiger partial charge in [-0.15, -0.1) is 0 Å². The van der Waals surface area contributed by atoms with Crippen LogP contribution in [0.4, 0.5) is 5.95 Å². The van der Waals surface area contributed by atoms with Crippen LogP contribution in [0.2, 0.25) is 0 Å². The van der Waals surface area contributed by atoms with E-state index in [2.05, 4.69) is 9.97 Å². The van der Waals surface area contributed by atoms with E-state index in [0.29, 0.717) is 18.7 Å². The lowest BCUT2D eigenvalue weighted by atomic mass is 9.81. The number of Topliss-reactive ketones (excluding diaryl/α,β-unsaturated/α-hetero) is 1. The van der Waals surface area contributed by atoms with Gasteiger partial charge in [0, 0.05) is 5.41 Å². The normalized spacial score (nSPS) is 11.5. The molecule has 1 rings (SSSR count). The summed E-state index contributed by atoms with van der Waals surface area (Å²) in [6, 6.07) is 0. The number of nitro groups is 1. The van der Waals surface area contributed by atoms with E-state index >= 15 is 0 Å². The van der Waals surface area contributed by atoms with Crippen molar-refractivity contribution in [3.05, 3.63) is 22.0 Å². The molecular formula is C11H18N4O3. The molecule has 1 aromatic rings. The molecule has 0 aromatic carbocycles. The van der Waals surface area contributed by atoms with E-state index in [1.807, 2.05) is 13.8 Å². The average molecular weight is 254 g/mol. The highest BCUT2D eigenvalue weighted by Gasteiger charge is 2.28. The molecule has 100 valence electrons. The van der Waals surface area contributed by atoms with Crippen molar-refractivity contribution >= 4 is 11.7 Å². The molecule has 0 saturated heterocycles. The SMILES string of the molecule is CC(C)(CCCN)C(=O)Cc1cnc([N+](=O)[O-])[nH]1. The van der Waals surface area contributed by atoms with Crippen LogP contribution in [0.15, 0.2) is 6.20 Å². The number of aromatic amines is 1. The maximum atomic E-state index is 12.1. The summed E-state index contributed by atoms with van der Waals surface area (Å²) in [6.45, 7) is 4.26. The van der Waals surface area contributed by atoms with Crippen molar-refractivity contribution in [2.45, 2.75) is 33.1 Å². The van der Waals surface area contributed by atoms with E-state index in [1.165, 1.54) is 6.20 Å². The highest BCUT2D eigenvalue weighted by Crippen LogP contribution is 2.25. The summed E-state index contributed by atoms with van der Waals surface area (Å²) in [7, 11) is 0. The van der Waals surface area contributed by atoms with Crippen molar-refractivity contribution in [1.82, 2.24) is 9.97 Å². The van der Waals surface area contributed by atoms with Crippen molar-refractivity contribution in [3.63, 3.8) is 0 Å². The van der Waals surface area contributed by atoms with Gasteiger partial charge in [0.2, 0.25) is 0 Å². The molecule has 0 saturated carbocycles. The lowest BCUT2D eigenvalue weighted by Crippen LogP contribution is -2.27. The number of imidazole rings is 1. The summed E-state index contributed by atoms with van der Waals surface area (Å²) in [5.74, 6) is -0.313. The number of carbonyl (C=O) groups excluding carboxylic acids is 1. The molecule has 7 heteroatoms. The Kier molecular flexibility index (Phi) is 4.55. The first-order chi connectivity index (χ1) is 8.36. The number of hydrogen-bond donors (Lipinski definition) is 2. The molecule has 0 aliphatic heterocycles. The van der Waals surface area contributed by atoms with E-state index in [4.69, 9.17) is 5.73 Å². The Hall–Kier alpha value is -1.76. The topological polar surface area (TPSA) is 115 Å². The second kappa shape index (κ2) is 5.72. The van der Waals surface area contributed by atoms with Crippen LogP contribution in [-0.2, 0) is 11.2 Å². The second-order valence-electron chi connectivity index (χ2n) is 4.87. The molecule has 0 spiro atoms. The first-order valence-corrected chi connectivity index (χ1v) is 5.78. The summed E-state index contributed by atoms with van der Waals surface area (Å²) in [5.41, 5.74) is 5.41. The lowest BCUT2D eigenvalue weighted by molar-refractivity contribution is -0.393. The van der Waals surface area contributed by atoms with E-state index in [9.17, 15) is 14.9 Å². The van der Waals surface area contributed by atoms with Gasteiger partial charge in [-0.25, -0.2) is 4.98 Å². The monoisotopic (exact) mass is 254 g/mol. The van der Waals surface area contributed by atoms with Gasteiger partial charge in [0.25, 0.3) is 0 Å². The first-order valence-electron chi connectivity index (χ1n) is 5.78. The van der Waals surface area contributed by atoms with Crippen LogP contribution >= 0.6 is 0 Å². The third-order valence-electron chi connectivity index (χ3n) is 2.90. The molecule has 3 N–H and O–H groups in total. The summed E-state index contributed by atoms with van der Waals surface area (Å²) >= 11 is 0. The van der Waals surface area contributed by atoms with Gasteiger partial charge in [-0.1, -0.05) is 18.8 Å². The van der Waals surface area contributed by atoms with Crippen LogP contribution in [0.3, 0.4) is 0 Å². The van der Waals surface area contributed by atoms with Crippen LogP contribution in [-0.4, -0.2) is 27.2 Å². The third-order valence-corrected chi connectivity index (χ3v) is 2.90. The predicted octanol–water partition coefficient (Wildman–Crippen LogP) is 1.19. The molecule has 0 atom stereocenters. The largest absolute Gasteiger partial charge is 0.432 e. The number of aromatic nitrogens is 2. The van der Waals surface area contributed by atoms with E-state index in [0.717, 1.165) is 6.42 Å². The van der Waals surface area contributed by atoms with Crippen molar-refractivity contribution in [3.8, 4) is 0 Å². The van der Waals surface area contributed by atoms with Crippen LogP contribution in [0.25, 0.3) is 0 Å². The Morgan fingerprint density at radius 3 is 2.78 bits per heavy atom. The molecule has 1 aromatic heterocycles. The Labute approximate surface area is 105 Å². The fourth-order valence-corrected chi connectivity index (χ4v) is 1.63. The number of carbonyl (C=O) groups is 1. The highest BCUT2D eigenvalue weighted by molar-refractivity contribution is 5.85. The maximum Gasteiger partial charge on any atom is 0.432 e. The Bertz CT molecular complexity index is 439. The molecule has 18 heavy (non-hydrogen) atoms. The van der Waals surface area contributed by atoms with Gasteiger partial charge in [0.15, 0.2) is 0 Å². The van der Waals surface area contributed by atoms with Crippen LogP contribution in [0.5, 0.6) is 0 Å². The molecule has 0 aliphatic rings. The molecule has 0 unspecified atom stereocenters. The standard InChI is InChI=1S/C11H18N4O3/c1-11(2,4-3-5-12)9(16)6-8-7-13-10(14-8)15(17)18/h7H,3-6,12H2,1-2H3,(H,13,14). The highest BCUT2D eigenvalue weighted by atomic mass is 16.6. The Morgan fingerprint density at radius 1 is 1.61 bits per heavy atom. The molecule has 0 amide bonds. The molecule has 1 heterocycles. The predicted molar refractivity (Wildman–Crippen MR) is 66.0 cm³/mol. The second-order valence-corrected chi connectivity index (χ2v) is 4.87. The molecular weight excluding hydrogens is 236 g/mol. The minimum absolute atomic E-state index is 0.0227. The van der Waals surface area contributed by atoms with Gasteiger partial charge in [0.1, 0.15) is 17.7 Å². The molecule has 0 aliphatic carbocycles. The number of ketones is 1. The van der Waals surface area contributed by atoms with Gasteiger partial charge >= 0.3 is 5.95 Å². The van der Waals surface area contributed by atoms with Crippen LogP contribution in [0.1, 0.15) is 32.4 Å². The molecule has 0 radical (unpaired) electrons. The van der Waals surface area contributed by atoms with Gasteiger partial charge in [0.05, 0.1) is 6.42 Å². The fourth-order valence-electron chi connectivity index (χ4n) is 1.63. The quantitative estimate of drug-likeness (QED) is 0.560. The van der Waals surface area contributed by atoms with Gasteiger partial charge in [-0.05, 0) is 24.3 Å². The number of nitrogens with zero attached hydrogens (tertiary/aromatic N) is 2. The zero-order valence-corrected chi connectivity index (χ0v) is 10.6. The van der Waals surface area contributed by atoms with Crippen LogP contribution < -0.4 is 5.73 Å². The van der Waals surface area contributed by atoms with Gasteiger partial charge in [-0.2, -0.15) is 0 Å². The first kappa shape index (κ1) is 14.3.